The Kier molecular flexibility index (Phi) is 5.17. The maximum absolute atomic E-state index is 5.44. The van der Waals surface area contributed by atoms with Crippen molar-refractivity contribution in [2.24, 2.45) is 5.41 Å². The molecule has 0 aliphatic carbocycles. The van der Waals surface area contributed by atoms with Gasteiger partial charge in [-0.3, -0.25) is 0 Å². The van der Waals surface area contributed by atoms with E-state index in [4.69, 9.17) is 4.74 Å². The maximum atomic E-state index is 5.44. The van der Waals surface area contributed by atoms with Crippen molar-refractivity contribution in [3.8, 4) is 0 Å². The van der Waals surface area contributed by atoms with Crippen molar-refractivity contribution in [1.82, 2.24) is 9.97 Å². The molecule has 0 radical (unpaired) electrons. The largest absolute Gasteiger partial charge is 0.381 e. The highest BCUT2D eigenvalue weighted by molar-refractivity contribution is 5.47. The van der Waals surface area contributed by atoms with E-state index < -0.39 is 0 Å². The van der Waals surface area contributed by atoms with Crippen molar-refractivity contribution in [2.75, 3.05) is 37.4 Å². The Bertz CT molecular complexity index is 430. The lowest BCUT2D eigenvalue weighted by Gasteiger charge is -2.33. The van der Waals surface area contributed by atoms with E-state index in [-0.39, 0.29) is 0 Å². The molecule has 0 unspecified atom stereocenters. The molecule has 1 aromatic heterocycles. The Morgan fingerprint density at radius 1 is 1.25 bits per heavy atom. The number of aryl methyl sites for hydroxylation is 1. The van der Waals surface area contributed by atoms with E-state index in [9.17, 15) is 0 Å². The number of rotatable bonds is 6. The van der Waals surface area contributed by atoms with Gasteiger partial charge in [0.25, 0.3) is 0 Å². The Balaban J connectivity index is 2.02. The fourth-order valence-corrected chi connectivity index (χ4v) is 2.40. The molecule has 2 heterocycles. The summed E-state index contributed by atoms with van der Waals surface area (Å²) in [4.78, 5) is 9.06. The predicted molar refractivity (Wildman–Crippen MR) is 82.2 cm³/mol. The number of nitrogens with one attached hydrogen (secondary N) is 2. The average molecular weight is 278 g/mol. The molecular weight excluding hydrogens is 252 g/mol. The average Bonchev–Trinajstić information content (AvgIpc) is 2.46. The van der Waals surface area contributed by atoms with Crippen molar-refractivity contribution in [3.05, 3.63) is 11.9 Å². The van der Waals surface area contributed by atoms with E-state index in [1.807, 2.05) is 13.1 Å². The van der Waals surface area contributed by atoms with Crippen LogP contribution in [-0.2, 0) is 11.2 Å². The summed E-state index contributed by atoms with van der Waals surface area (Å²) < 4.78 is 5.44. The fraction of sp³-hybridized carbons (Fsp3) is 0.733. The third-order valence-corrected chi connectivity index (χ3v) is 3.90. The first kappa shape index (κ1) is 15.0. The minimum absolute atomic E-state index is 0.300. The lowest BCUT2D eigenvalue weighted by atomic mass is 9.82. The number of hydrogen-bond acceptors (Lipinski definition) is 5. The van der Waals surface area contributed by atoms with E-state index in [0.717, 1.165) is 62.9 Å². The van der Waals surface area contributed by atoms with Gasteiger partial charge in [-0.2, -0.15) is 0 Å². The minimum Gasteiger partial charge on any atom is -0.381 e. The third kappa shape index (κ3) is 4.07. The van der Waals surface area contributed by atoms with Crippen molar-refractivity contribution in [3.63, 3.8) is 0 Å². The van der Waals surface area contributed by atoms with Gasteiger partial charge in [0, 0.05) is 39.3 Å². The van der Waals surface area contributed by atoms with Crippen LogP contribution in [-0.4, -0.2) is 36.8 Å². The van der Waals surface area contributed by atoms with Crippen molar-refractivity contribution in [1.29, 1.82) is 0 Å². The van der Waals surface area contributed by atoms with Crippen LogP contribution < -0.4 is 10.6 Å². The summed E-state index contributed by atoms with van der Waals surface area (Å²) in [7, 11) is 1.89. The first-order chi connectivity index (χ1) is 9.65. The predicted octanol–water partition coefficient (Wildman–Crippen LogP) is 2.70. The maximum Gasteiger partial charge on any atom is 0.133 e. The van der Waals surface area contributed by atoms with Crippen LogP contribution in [0.4, 0.5) is 11.6 Å². The molecule has 1 aliphatic rings. The van der Waals surface area contributed by atoms with Crippen molar-refractivity contribution < 1.29 is 4.74 Å². The van der Waals surface area contributed by atoms with Crippen LogP contribution in [0.5, 0.6) is 0 Å². The van der Waals surface area contributed by atoms with Gasteiger partial charge in [0.1, 0.15) is 17.5 Å². The molecule has 20 heavy (non-hydrogen) atoms. The van der Waals surface area contributed by atoms with Crippen LogP contribution in [0, 0.1) is 5.41 Å². The third-order valence-electron chi connectivity index (χ3n) is 3.90. The summed E-state index contributed by atoms with van der Waals surface area (Å²) in [6.45, 7) is 7.12. The van der Waals surface area contributed by atoms with Gasteiger partial charge < -0.3 is 15.4 Å². The van der Waals surface area contributed by atoms with Gasteiger partial charge in [-0.1, -0.05) is 13.8 Å². The number of hydrogen-bond donors (Lipinski definition) is 2. The van der Waals surface area contributed by atoms with E-state index in [2.05, 4.69) is 34.4 Å². The first-order valence-electron chi connectivity index (χ1n) is 7.52. The minimum atomic E-state index is 0.300. The summed E-state index contributed by atoms with van der Waals surface area (Å²) >= 11 is 0. The van der Waals surface area contributed by atoms with Gasteiger partial charge in [-0.25, -0.2) is 9.97 Å². The SMILES string of the molecule is CCCc1nc(NC)cc(NCC2(C)CCOCC2)n1. The zero-order valence-corrected chi connectivity index (χ0v) is 12.8. The Morgan fingerprint density at radius 3 is 2.60 bits per heavy atom. The molecular formula is C15H26N4O. The van der Waals surface area contributed by atoms with Crippen molar-refractivity contribution in [2.45, 2.75) is 39.5 Å². The van der Waals surface area contributed by atoms with E-state index in [0.29, 0.717) is 5.41 Å². The van der Waals surface area contributed by atoms with Crippen molar-refractivity contribution >= 4 is 11.6 Å². The number of nitrogens with zero attached hydrogens (tertiary/aromatic N) is 2. The van der Waals surface area contributed by atoms with Crippen LogP contribution in [0.25, 0.3) is 0 Å². The second-order valence-corrected chi connectivity index (χ2v) is 5.83. The number of aromatic nitrogens is 2. The van der Waals surface area contributed by atoms with E-state index in [1.54, 1.807) is 0 Å². The molecule has 2 N–H and O–H groups in total. The smallest absolute Gasteiger partial charge is 0.133 e. The van der Waals surface area contributed by atoms with Gasteiger partial charge in [0.2, 0.25) is 0 Å². The summed E-state index contributed by atoms with van der Waals surface area (Å²) in [5.41, 5.74) is 0.300. The molecule has 0 aromatic carbocycles. The molecule has 0 spiro atoms. The monoisotopic (exact) mass is 278 g/mol. The highest BCUT2D eigenvalue weighted by Crippen LogP contribution is 2.29. The zero-order chi connectivity index (χ0) is 14.4. The molecule has 0 amide bonds. The van der Waals surface area contributed by atoms with Gasteiger partial charge in [0.05, 0.1) is 0 Å². The molecule has 1 aromatic rings. The summed E-state index contributed by atoms with van der Waals surface area (Å²) in [6.07, 6.45) is 4.18. The first-order valence-corrected chi connectivity index (χ1v) is 7.52. The second-order valence-electron chi connectivity index (χ2n) is 5.83. The Hall–Kier alpha value is -1.36. The molecule has 2 rings (SSSR count). The fourth-order valence-electron chi connectivity index (χ4n) is 2.40. The standard InChI is InChI=1S/C15H26N4O/c1-4-5-12-18-13(16-3)10-14(19-12)17-11-15(2)6-8-20-9-7-15/h10H,4-9,11H2,1-3H3,(H2,16,17,18,19). The van der Waals surface area contributed by atoms with E-state index in [1.165, 1.54) is 0 Å². The van der Waals surface area contributed by atoms with Gasteiger partial charge in [-0.05, 0) is 24.7 Å². The number of ether oxygens (including phenoxy) is 1. The van der Waals surface area contributed by atoms with Crippen LogP contribution >= 0.6 is 0 Å². The molecule has 112 valence electrons. The van der Waals surface area contributed by atoms with Crippen LogP contribution in [0.15, 0.2) is 6.07 Å². The van der Waals surface area contributed by atoms with Crippen LogP contribution in [0.3, 0.4) is 0 Å². The molecule has 5 nitrogen and oxygen atoms in total. The second kappa shape index (κ2) is 6.88. The Labute approximate surface area is 121 Å². The highest BCUT2D eigenvalue weighted by Gasteiger charge is 2.27. The Morgan fingerprint density at radius 2 is 1.95 bits per heavy atom. The molecule has 0 atom stereocenters. The zero-order valence-electron chi connectivity index (χ0n) is 12.8. The molecule has 1 aliphatic heterocycles. The molecule has 1 fully saturated rings. The topological polar surface area (TPSA) is 59.1 Å². The van der Waals surface area contributed by atoms with Crippen LogP contribution in [0.1, 0.15) is 38.9 Å². The van der Waals surface area contributed by atoms with Crippen LogP contribution in [0.2, 0.25) is 0 Å². The molecule has 1 saturated heterocycles. The quantitative estimate of drug-likeness (QED) is 0.838. The normalized spacial score (nSPS) is 17.8. The lowest BCUT2D eigenvalue weighted by Crippen LogP contribution is -2.33. The molecule has 5 heteroatoms. The molecule has 0 bridgehead atoms. The lowest BCUT2D eigenvalue weighted by molar-refractivity contribution is 0.0299. The van der Waals surface area contributed by atoms with E-state index >= 15 is 0 Å². The molecule has 0 saturated carbocycles. The summed E-state index contributed by atoms with van der Waals surface area (Å²) in [5, 5.41) is 6.58. The van der Waals surface area contributed by atoms with Gasteiger partial charge >= 0.3 is 0 Å². The van der Waals surface area contributed by atoms with Gasteiger partial charge in [-0.15, -0.1) is 0 Å². The van der Waals surface area contributed by atoms with Gasteiger partial charge in [0.15, 0.2) is 0 Å². The highest BCUT2D eigenvalue weighted by atomic mass is 16.5. The summed E-state index contributed by atoms with van der Waals surface area (Å²) in [6, 6.07) is 1.97. The summed E-state index contributed by atoms with van der Waals surface area (Å²) in [5.74, 6) is 2.70. The number of anilines is 2.